The molecule has 1 unspecified atom stereocenters. The summed E-state index contributed by atoms with van der Waals surface area (Å²) in [5.41, 5.74) is -1.53. The number of rotatable bonds is 6. The minimum Gasteiger partial charge on any atom is -0.479 e. The lowest BCUT2D eigenvalue weighted by molar-refractivity contribution is -0.157. The highest BCUT2D eigenvalue weighted by Crippen LogP contribution is 2.14. The largest absolute Gasteiger partial charge is 0.479 e. The van der Waals surface area contributed by atoms with Crippen molar-refractivity contribution in [3.8, 4) is 0 Å². The van der Waals surface area contributed by atoms with Gasteiger partial charge in [0.25, 0.3) is 0 Å². The smallest absolute Gasteiger partial charge is 0.335 e. The number of carboxylic acid groups (broad SMARTS) is 1. The summed E-state index contributed by atoms with van der Waals surface area (Å²) in [5.74, 6) is -1.13. The summed E-state index contributed by atoms with van der Waals surface area (Å²) in [5, 5.41) is 17.8. The lowest BCUT2D eigenvalue weighted by atomic mass is 9.98. The van der Waals surface area contributed by atoms with Crippen molar-refractivity contribution >= 4 is 5.97 Å². The van der Waals surface area contributed by atoms with Crippen LogP contribution in [-0.4, -0.2) is 21.8 Å². The Morgan fingerprint density at radius 1 is 1.33 bits per heavy atom. The van der Waals surface area contributed by atoms with Gasteiger partial charge in [-0.1, -0.05) is 26.2 Å². The molecular weight excluding hydrogens is 156 g/mol. The fraction of sp³-hybridized carbons (Fsp3) is 0.889. The van der Waals surface area contributed by atoms with Gasteiger partial charge in [0.2, 0.25) is 0 Å². The number of aliphatic carboxylic acids is 1. The SMILES string of the molecule is CCCCCCC(C)(O)C(=O)O. The van der Waals surface area contributed by atoms with Gasteiger partial charge < -0.3 is 10.2 Å². The highest BCUT2D eigenvalue weighted by molar-refractivity contribution is 5.76. The minimum atomic E-state index is -1.53. The van der Waals surface area contributed by atoms with Gasteiger partial charge in [-0.15, -0.1) is 0 Å². The minimum absolute atomic E-state index is 0.350. The van der Waals surface area contributed by atoms with Gasteiger partial charge in [-0.25, -0.2) is 4.79 Å². The molecule has 2 N–H and O–H groups in total. The van der Waals surface area contributed by atoms with E-state index >= 15 is 0 Å². The van der Waals surface area contributed by atoms with Crippen molar-refractivity contribution in [1.82, 2.24) is 0 Å². The van der Waals surface area contributed by atoms with Gasteiger partial charge >= 0.3 is 5.97 Å². The van der Waals surface area contributed by atoms with Crippen LogP contribution in [0.4, 0.5) is 0 Å². The van der Waals surface area contributed by atoms with Crippen LogP contribution in [0.15, 0.2) is 0 Å². The van der Waals surface area contributed by atoms with Crippen LogP contribution in [0.2, 0.25) is 0 Å². The van der Waals surface area contributed by atoms with E-state index in [1.54, 1.807) is 0 Å². The lowest BCUT2D eigenvalue weighted by Crippen LogP contribution is -2.34. The third-order valence-electron chi connectivity index (χ3n) is 1.98. The zero-order valence-corrected chi connectivity index (χ0v) is 7.84. The molecule has 0 amide bonds. The Kier molecular flexibility index (Phi) is 4.90. The van der Waals surface area contributed by atoms with Crippen LogP contribution in [-0.2, 0) is 4.79 Å². The molecule has 3 heteroatoms. The van der Waals surface area contributed by atoms with Gasteiger partial charge in [0.05, 0.1) is 0 Å². The van der Waals surface area contributed by atoms with Gasteiger partial charge in [0.15, 0.2) is 5.60 Å². The normalized spacial score (nSPS) is 15.6. The summed E-state index contributed by atoms with van der Waals surface area (Å²) >= 11 is 0. The molecule has 0 aliphatic rings. The molecule has 0 aromatic rings. The third-order valence-corrected chi connectivity index (χ3v) is 1.98. The van der Waals surface area contributed by atoms with Crippen LogP contribution >= 0.6 is 0 Å². The zero-order chi connectivity index (χ0) is 9.61. The number of carboxylic acids is 1. The molecule has 0 spiro atoms. The Hall–Kier alpha value is -0.570. The second kappa shape index (κ2) is 5.14. The highest BCUT2D eigenvalue weighted by Gasteiger charge is 2.28. The van der Waals surface area contributed by atoms with Crippen LogP contribution in [0, 0.1) is 0 Å². The van der Waals surface area contributed by atoms with Crippen molar-refractivity contribution in [1.29, 1.82) is 0 Å². The molecule has 72 valence electrons. The van der Waals surface area contributed by atoms with Gasteiger partial charge in [0, 0.05) is 0 Å². The molecule has 3 nitrogen and oxygen atoms in total. The zero-order valence-electron chi connectivity index (χ0n) is 7.84. The molecule has 0 saturated carbocycles. The van der Waals surface area contributed by atoms with Crippen molar-refractivity contribution in [2.24, 2.45) is 0 Å². The standard InChI is InChI=1S/C9H18O3/c1-3-4-5-6-7-9(2,12)8(10)11/h12H,3-7H2,1-2H3,(H,10,11). The molecule has 12 heavy (non-hydrogen) atoms. The Morgan fingerprint density at radius 3 is 2.33 bits per heavy atom. The van der Waals surface area contributed by atoms with E-state index in [-0.39, 0.29) is 0 Å². The molecule has 0 aromatic carbocycles. The van der Waals surface area contributed by atoms with E-state index in [1.165, 1.54) is 6.92 Å². The Balaban J connectivity index is 3.54. The fourth-order valence-electron chi connectivity index (χ4n) is 1.00. The molecule has 0 aliphatic carbocycles. The first-order valence-electron chi connectivity index (χ1n) is 4.46. The summed E-state index contributed by atoms with van der Waals surface area (Å²) in [7, 11) is 0. The maximum absolute atomic E-state index is 10.4. The highest BCUT2D eigenvalue weighted by atomic mass is 16.4. The topological polar surface area (TPSA) is 57.5 Å². The predicted molar refractivity (Wildman–Crippen MR) is 47.0 cm³/mol. The molecule has 0 radical (unpaired) electrons. The van der Waals surface area contributed by atoms with E-state index in [1.807, 2.05) is 0 Å². The maximum atomic E-state index is 10.4. The predicted octanol–water partition coefficient (Wildman–Crippen LogP) is 1.79. The number of carbonyl (C=O) groups is 1. The average Bonchev–Trinajstić information content (AvgIpc) is 1.98. The maximum Gasteiger partial charge on any atom is 0.335 e. The molecule has 0 aromatic heterocycles. The molecule has 0 fully saturated rings. The van der Waals surface area contributed by atoms with E-state index in [4.69, 9.17) is 5.11 Å². The van der Waals surface area contributed by atoms with E-state index in [0.717, 1.165) is 25.7 Å². The monoisotopic (exact) mass is 174 g/mol. The van der Waals surface area contributed by atoms with Crippen LogP contribution in [0.1, 0.15) is 46.0 Å². The van der Waals surface area contributed by atoms with Crippen molar-refractivity contribution in [2.75, 3.05) is 0 Å². The molecule has 0 aliphatic heterocycles. The number of unbranched alkanes of at least 4 members (excludes halogenated alkanes) is 3. The average molecular weight is 174 g/mol. The lowest BCUT2D eigenvalue weighted by Gasteiger charge is -2.16. The van der Waals surface area contributed by atoms with Gasteiger partial charge in [0.1, 0.15) is 0 Å². The Morgan fingerprint density at radius 2 is 1.92 bits per heavy atom. The van der Waals surface area contributed by atoms with E-state index in [9.17, 15) is 9.90 Å². The van der Waals surface area contributed by atoms with Gasteiger partial charge in [-0.3, -0.25) is 0 Å². The van der Waals surface area contributed by atoms with Crippen molar-refractivity contribution in [2.45, 2.75) is 51.6 Å². The molecule has 1 atom stereocenters. The van der Waals surface area contributed by atoms with Crippen LogP contribution < -0.4 is 0 Å². The summed E-state index contributed by atoms with van der Waals surface area (Å²) in [4.78, 5) is 10.4. The number of hydrogen-bond acceptors (Lipinski definition) is 2. The quantitative estimate of drug-likeness (QED) is 0.603. The first-order valence-corrected chi connectivity index (χ1v) is 4.46. The fourth-order valence-corrected chi connectivity index (χ4v) is 1.00. The Labute approximate surface area is 73.4 Å². The van der Waals surface area contributed by atoms with Crippen molar-refractivity contribution in [3.05, 3.63) is 0 Å². The molecule has 0 saturated heterocycles. The van der Waals surface area contributed by atoms with E-state index in [0.29, 0.717) is 6.42 Å². The van der Waals surface area contributed by atoms with Gasteiger partial charge in [-0.2, -0.15) is 0 Å². The first kappa shape index (κ1) is 11.4. The number of hydrogen-bond donors (Lipinski definition) is 2. The first-order chi connectivity index (χ1) is 5.50. The molecule has 0 bridgehead atoms. The van der Waals surface area contributed by atoms with Crippen LogP contribution in [0.5, 0.6) is 0 Å². The summed E-state index contributed by atoms with van der Waals surface area (Å²) in [6, 6.07) is 0. The van der Waals surface area contributed by atoms with E-state index in [2.05, 4.69) is 6.92 Å². The van der Waals surface area contributed by atoms with E-state index < -0.39 is 11.6 Å². The second-order valence-electron chi connectivity index (χ2n) is 3.39. The second-order valence-corrected chi connectivity index (χ2v) is 3.39. The Bertz CT molecular complexity index is 141. The van der Waals surface area contributed by atoms with Crippen molar-refractivity contribution in [3.63, 3.8) is 0 Å². The van der Waals surface area contributed by atoms with Gasteiger partial charge in [-0.05, 0) is 19.8 Å². The van der Waals surface area contributed by atoms with Crippen LogP contribution in [0.3, 0.4) is 0 Å². The number of aliphatic hydroxyl groups is 1. The van der Waals surface area contributed by atoms with Crippen LogP contribution in [0.25, 0.3) is 0 Å². The summed E-state index contributed by atoms with van der Waals surface area (Å²) < 4.78 is 0. The third kappa shape index (κ3) is 4.34. The van der Waals surface area contributed by atoms with Crippen molar-refractivity contribution < 1.29 is 15.0 Å². The summed E-state index contributed by atoms with van der Waals surface area (Å²) in [6.45, 7) is 3.44. The summed E-state index contributed by atoms with van der Waals surface area (Å²) in [6.07, 6.45) is 4.36. The molecule has 0 rings (SSSR count). The molecule has 0 heterocycles. The molecular formula is C9H18O3.